The van der Waals surface area contributed by atoms with E-state index in [0.29, 0.717) is 63.5 Å². The van der Waals surface area contributed by atoms with Gasteiger partial charge in [-0.25, -0.2) is 4.98 Å². The summed E-state index contributed by atoms with van der Waals surface area (Å²) in [5.41, 5.74) is 3.53. The number of aryl methyl sites for hydroxylation is 1. The van der Waals surface area contributed by atoms with Crippen molar-refractivity contribution in [3.63, 3.8) is 0 Å². The molecular weight excluding hydrogens is 468 g/mol. The number of Topliss-reactive ketones (excluding diaryl/α,β-unsaturated/α-hetero) is 1. The number of benzene rings is 1. The number of aromatic amines is 1. The van der Waals surface area contributed by atoms with Gasteiger partial charge in [0.2, 0.25) is 5.91 Å². The van der Waals surface area contributed by atoms with Crippen LogP contribution >= 0.6 is 11.6 Å². The van der Waals surface area contributed by atoms with Gasteiger partial charge in [0.25, 0.3) is 5.56 Å². The molecule has 1 aromatic heterocycles. The fraction of sp³-hybridized carbons (Fsp3) is 0.538. The summed E-state index contributed by atoms with van der Waals surface area (Å²) in [4.78, 5) is 49.4. The third-order valence-corrected chi connectivity index (χ3v) is 7.73. The number of hydrogen-bond acceptors (Lipinski definition) is 6. The monoisotopic (exact) mass is 498 g/mol. The van der Waals surface area contributed by atoms with Crippen LogP contribution in [0.1, 0.15) is 47.5 Å². The molecule has 0 bridgehead atoms. The van der Waals surface area contributed by atoms with E-state index < -0.39 is 0 Å². The van der Waals surface area contributed by atoms with Crippen molar-refractivity contribution in [1.82, 2.24) is 19.8 Å². The molecule has 0 aliphatic carbocycles. The van der Waals surface area contributed by atoms with Gasteiger partial charge in [-0.3, -0.25) is 19.3 Å². The topological polar surface area (TPSA) is 95.6 Å². The molecule has 1 fully saturated rings. The Hall–Kier alpha value is -2.55. The molecule has 4 heterocycles. The number of ketones is 1. The lowest BCUT2D eigenvalue weighted by Gasteiger charge is -2.36. The van der Waals surface area contributed by atoms with Gasteiger partial charge in [0.15, 0.2) is 0 Å². The number of fused-ring (bicyclic) bond motifs is 2. The second kappa shape index (κ2) is 10.6. The van der Waals surface area contributed by atoms with E-state index >= 15 is 0 Å². The van der Waals surface area contributed by atoms with Crippen molar-refractivity contribution in [3.8, 4) is 0 Å². The van der Waals surface area contributed by atoms with Gasteiger partial charge in [-0.15, -0.1) is 0 Å². The Bertz CT molecular complexity index is 1170. The minimum absolute atomic E-state index is 0.0100. The Kier molecular flexibility index (Phi) is 7.32. The van der Waals surface area contributed by atoms with Crippen LogP contribution in [0.2, 0.25) is 5.02 Å². The third-order valence-electron chi connectivity index (χ3n) is 7.38. The maximum absolute atomic E-state index is 13.1. The van der Waals surface area contributed by atoms with E-state index in [4.69, 9.17) is 16.3 Å². The first-order chi connectivity index (χ1) is 17.0. The van der Waals surface area contributed by atoms with Gasteiger partial charge in [-0.05, 0) is 49.5 Å². The first kappa shape index (κ1) is 24.2. The number of piperidine rings is 1. The predicted octanol–water partition coefficient (Wildman–Crippen LogP) is 2.29. The average Bonchev–Trinajstić information content (AvgIpc) is 2.87. The number of ether oxygens (including phenoxy) is 1. The Morgan fingerprint density at radius 2 is 1.97 bits per heavy atom. The van der Waals surface area contributed by atoms with Gasteiger partial charge in [0, 0.05) is 43.3 Å². The Labute approximate surface area is 209 Å². The Balaban J connectivity index is 1.08. The number of amides is 1. The van der Waals surface area contributed by atoms with Crippen LogP contribution in [0.4, 0.5) is 0 Å². The lowest BCUT2D eigenvalue weighted by molar-refractivity contribution is -0.138. The molecule has 1 saturated heterocycles. The summed E-state index contributed by atoms with van der Waals surface area (Å²) in [6.07, 6.45) is 3.74. The average molecular weight is 499 g/mol. The van der Waals surface area contributed by atoms with Crippen LogP contribution in [0.5, 0.6) is 0 Å². The summed E-state index contributed by atoms with van der Waals surface area (Å²) >= 11 is 6.31. The van der Waals surface area contributed by atoms with Gasteiger partial charge >= 0.3 is 0 Å². The highest BCUT2D eigenvalue weighted by molar-refractivity contribution is 6.31. The van der Waals surface area contributed by atoms with Crippen LogP contribution in [0.25, 0.3) is 0 Å². The summed E-state index contributed by atoms with van der Waals surface area (Å²) in [6.45, 7) is 4.06. The zero-order valence-corrected chi connectivity index (χ0v) is 20.6. The van der Waals surface area contributed by atoms with Crippen molar-refractivity contribution >= 4 is 23.3 Å². The molecule has 1 amide bonds. The molecule has 0 saturated carbocycles. The highest BCUT2D eigenvalue weighted by Crippen LogP contribution is 2.28. The van der Waals surface area contributed by atoms with Crippen LogP contribution < -0.4 is 5.56 Å². The fourth-order valence-corrected chi connectivity index (χ4v) is 5.64. The van der Waals surface area contributed by atoms with Crippen molar-refractivity contribution in [2.45, 2.75) is 51.7 Å². The smallest absolute Gasteiger partial charge is 0.256 e. The van der Waals surface area contributed by atoms with Gasteiger partial charge in [-0.1, -0.05) is 23.7 Å². The molecule has 3 aliphatic heterocycles. The number of likely N-dealkylation sites (tertiary alicyclic amines) is 1. The predicted molar refractivity (Wildman–Crippen MR) is 131 cm³/mol. The first-order valence-electron chi connectivity index (χ1n) is 12.5. The molecule has 186 valence electrons. The van der Waals surface area contributed by atoms with Gasteiger partial charge in [0.05, 0.1) is 31.0 Å². The van der Waals surface area contributed by atoms with Gasteiger partial charge < -0.3 is 14.6 Å². The molecular formula is C26H31ClN4O4. The third kappa shape index (κ3) is 5.50. The van der Waals surface area contributed by atoms with E-state index in [2.05, 4.69) is 20.9 Å². The molecule has 1 N–H and O–H groups in total. The van der Waals surface area contributed by atoms with Gasteiger partial charge in [-0.2, -0.15) is 0 Å². The Morgan fingerprint density at radius 1 is 1.14 bits per heavy atom. The van der Waals surface area contributed by atoms with E-state index in [-0.39, 0.29) is 23.2 Å². The van der Waals surface area contributed by atoms with Crippen LogP contribution in [-0.2, 0) is 46.7 Å². The summed E-state index contributed by atoms with van der Waals surface area (Å²) in [5.74, 6) is 0.922. The minimum Gasteiger partial charge on any atom is -0.376 e. The molecule has 0 unspecified atom stereocenters. The number of halogens is 1. The van der Waals surface area contributed by atoms with Crippen LogP contribution in [0, 0.1) is 5.92 Å². The number of aromatic nitrogens is 2. The lowest BCUT2D eigenvalue weighted by Crippen LogP contribution is -2.45. The van der Waals surface area contributed by atoms with Crippen molar-refractivity contribution in [2.24, 2.45) is 5.92 Å². The first-order valence-corrected chi connectivity index (χ1v) is 12.8. The lowest BCUT2D eigenvalue weighted by atomic mass is 9.93. The van der Waals surface area contributed by atoms with Crippen molar-refractivity contribution in [3.05, 3.63) is 61.8 Å². The summed E-state index contributed by atoms with van der Waals surface area (Å²) in [6, 6.07) is 5.91. The Morgan fingerprint density at radius 3 is 2.80 bits per heavy atom. The number of rotatable bonds is 6. The molecule has 0 spiro atoms. The second-order valence-electron chi connectivity index (χ2n) is 9.72. The zero-order valence-electron chi connectivity index (χ0n) is 19.9. The van der Waals surface area contributed by atoms with E-state index in [1.165, 1.54) is 0 Å². The van der Waals surface area contributed by atoms with Gasteiger partial charge in [0.1, 0.15) is 11.6 Å². The summed E-state index contributed by atoms with van der Waals surface area (Å²) in [5, 5.41) is 0.788. The molecule has 1 aromatic carbocycles. The second-order valence-corrected chi connectivity index (χ2v) is 10.1. The molecule has 9 heteroatoms. The number of carbonyl (C=O) groups excluding carboxylic acids is 2. The van der Waals surface area contributed by atoms with E-state index in [1.807, 2.05) is 17.0 Å². The van der Waals surface area contributed by atoms with Crippen LogP contribution in [-0.4, -0.2) is 64.2 Å². The maximum atomic E-state index is 13.1. The summed E-state index contributed by atoms with van der Waals surface area (Å²) < 4.78 is 5.33. The van der Waals surface area contributed by atoms with Crippen molar-refractivity contribution in [2.75, 3.05) is 32.8 Å². The highest BCUT2D eigenvalue weighted by atomic mass is 35.5. The minimum atomic E-state index is -0.163. The largest absolute Gasteiger partial charge is 0.376 e. The standard InChI is InChI=1S/C26H31ClN4O4/c27-22-3-1-2-18-14-31(12-8-20(18)22)26(34)17-6-10-30(11-7-17)15-19(32)4-5-24-28-23-9-13-35-16-21(23)25(33)29-24/h1-3,17H,4-16H2,(H,28,29,33). The number of nitrogens with one attached hydrogen (secondary N) is 1. The molecule has 3 aliphatic rings. The molecule has 35 heavy (non-hydrogen) atoms. The van der Waals surface area contributed by atoms with Crippen molar-refractivity contribution in [1.29, 1.82) is 0 Å². The fourth-order valence-electron chi connectivity index (χ4n) is 5.35. The normalized spacial score (nSPS) is 18.7. The molecule has 5 rings (SSSR count). The maximum Gasteiger partial charge on any atom is 0.256 e. The van der Waals surface area contributed by atoms with Crippen LogP contribution in [0.3, 0.4) is 0 Å². The number of H-pyrrole nitrogens is 1. The van der Waals surface area contributed by atoms with Crippen LogP contribution in [0.15, 0.2) is 23.0 Å². The molecule has 8 nitrogen and oxygen atoms in total. The van der Waals surface area contributed by atoms with E-state index in [9.17, 15) is 14.4 Å². The highest BCUT2D eigenvalue weighted by Gasteiger charge is 2.31. The van der Waals surface area contributed by atoms with Crippen molar-refractivity contribution < 1.29 is 14.3 Å². The molecule has 0 atom stereocenters. The number of nitrogens with zero attached hydrogens (tertiary/aromatic N) is 3. The molecule has 2 aromatic rings. The quantitative estimate of drug-likeness (QED) is 0.656. The summed E-state index contributed by atoms with van der Waals surface area (Å²) in [7, 11) is 0. The van der Waals surface area contributed by atoms with E-state index in [0.717, 1.165) is 54.2 Å². The molecule has 0 radical (unpaired) electrons. The number of carbonyl (C=O) groups is 2. The SMILES string of the molecule is O=C(CCc1nc2c(c(=O)[nH]1)COCC2)CN1CCC(C(=O)N2CCc3c(Cl)cccc3C2)CC1. The number of hydrogen-bond donors (Lipinski definition) is 1. The zero-order chi connectivity index (χ0) is 24.4. The van der Waals surface area contributed by atoms with E-state index in [1.54, 1.807) is 0 Å².